The highest BCUT2D eigenvalue weighted by atomic mass is 32.2. The van der Waals surface area contributed by atoms with Gasteiger partial charge in [0.25, 0.3) is 0 Å². The molecule has 13 heavy (non-hydrogen) atoms. The van der Waals surface area contributed by atoms with Gasteiger partial charge in [-0.3, -0.25) is 0 Å². The Morgan fingerprint density at radius 1 is 1.38 bits per heavy atom. The Labute approximate surface area is 77.7 Å². The molecule has 0 amide bonds. The van der Waals surface area contributed by atoms with Gasteiger partial charge >= 0.3 is 0 Å². The van der Waals surface area contributed by atoms with E-state index in [-0.39, 0.29) is 6.04 Å². The molecule has 0 radical (unpaired) electrons. The van der Waals surface area contributed by atoms with Gasteiger partial charge in [-0.2, -0.15) is 0 Å². The van der Waals surface area contributed by atoms with Crippen LogP contribution in [0.2, 0.25) is 0 Å². The summed E-state index contributed by atoms with van der Waals surface area (Å²) in [4.78, 5) is 0.449. The predicted octanol–water partition coefficient (Wildman–Crippen LogP) is 0.734. The molecule has 0 saturated carbocycles. The smallest absolute Gasteiger partial charge is 0.175 e. The molecule has 1 N–H and O–H groups in total. The van der Waals surface area contributed by atoms with Crippen LogP contribution in [0, 0.1) is 0 Å². The van der Waals surface area contributed by atoms with Gasteiger partial charge in [0.2, 0.25) is 0 Å². The lowest BCUT2D eigenvalue weighted by Crippen LogP contribution is -2.02. The third-order valence-electron chi connectivity index (χ3n) is 2.10. The summed E-state index contributed by atoms with van der Waals surface area (Å²) in [7, 11) is -3.08. The molecule has 1 aromatic rings. The van der Waals surface area contributed by atoms with E-state index < -0.39 is 9.84 Å². The summed E-state index contributed by atoms with van der Waals surface area (Å²) in [6.07, 6.45) is 1.24. The first-order chi connectivity index (χ1) is 6.09. The van der Waals surface area contributed by atoms with Gasteiger partial charge in [0.05, 0.1) is 4.90 Å². The highest BCUT2D eigenvalue weighted by Gasteiger charge is 2.27. The molecule has 1 aliphatic heterocycles. The maximum absolute atomic E-state index is 11.4. The van der Waals surface area contributed by atoms with Crippen LogP contribution in [0.4, 0.5) is 0 Å². The van der Waals surface area contributed by atoms with Gasteiger partial charge < -0.3 is 5.32 Å². The van der Waals surface area contributed by atoms with E-state index in [0.717, 1.165) is 12.1 Å². The molecule has 0 unspecified atom stereocenters. The molecule has 0 bridgehead atoms. The Bertz CT molecular complexity index is 421. The summed E-state index contributed by atoms with van der Waals surface area (Å²) in [5.41, 5.74) is 0.894. The first kappa shape index (κ1) is 8.72. The Morgan fingerprint density at radius 3 is 2.54 bits per heavy atom. The van der Waals surface area contributed by atoms with E-state index in [4.69, 9.17) is 0 Å². The number of sulfone groups is 1. The molecule has 4 heteroatoms. The second kappa shape index (κ2) is 2.82. The quantitative estimate of drug-likeness (QED) is 0.711. The SMILES string of the molecule is CS(=O)(=O)c1ccccc1[C@H]1CN1. The first-order valence-electron chi connectivity index (χ1n) is 4.11. The molecule has 1 heterocycles. The second-order valence-electron chi connectivity index (χ2n) is 3.27. The first-order valence-corrected chi connectivity index (χ1v) is 6.00. The Hall–Kier alpha value is -0.870. The fraction of sp³-hybridized carbons (Fsp3) is 0.333. The van der Waals surface area contributed by atoms with Crippen LogP contribution in [-0.2, 0) is 9.84 Å². The molecule has 0 aromatic heterocycles. The van der Waals surface area contributed by atoms with Crippen LogP contribution in [0.5, 0.6) is 0 Å². The largest absolute Gasteiger partial charge is 0.307 e. The molecule has 1 aromatic carbocycles. The third kappa shape index (κ3) is 1.73. The monoisotopic (exact) mass is 197 g/mol. The lowest BCUT2D eigenvalue weighted by atomic mass is 10.2. The standard InChI is InChI=1S/C9H11NO2S/c1-13(11,12)9-5-3-2-4-7(9)8-6-10-8/h2-5,8,10H,6H2,1H3/t8-/m1/s1. The average molecular weight is 197 g/mol. The third-order valence-corrected chi connectivity index (χ3v) is 3.27. The van der Waals surface area contributed by atoms with Crippen LogP contribution < -0.4 is 5.32 Å². The van der Waals surface area contributed by atoms with E-state index in [1.807, 2.05) is 12.1 Å². The van der Waals surface area contributed by atoms with E-state index in [1.54, 1.807) is 12.1 Å². The van der Waals surface area contributed by atoms with Crippen LogP contribution in [0.25, 0.3) is 0 Å². The van der Waals surface area contributed by atoms with Crippen LogP contribution >= 0.6 is 0 Å². The lowest BCUT2D eigenvalue weighted by Gasteiger charge is -2.04. The Balaban J connectivity index is 2.55. The maximum Gasteiger partial charge on any atom is 0.175 e. The summed E-state index contributed by atoms with van der Waals surface area (Å²) in [5, 5.41) is 3.10. The van der Waals surface area contributed by atoms with Gasteiger partial charge in [-0.15, -0.1) is 0 Å². The van der Waals surface area contributed by atoms with Crippen molar-refractivity contribution in [3.8, 4) is 0 Å². The molecular formula is C9H11NO2S. The van der Waals surface area contributed by atoms with Crippen molar-refractivity contribution >= 4 is 9.84 Å². The molecule has 70 valence electrons. The van der Waals surface area contributed by atoms with Crippen LogP contribution in [0.3, 0.4) is 0 Å². The summed E-state index contributed by atoms with van der Waals surface area (Å²) in [6, 6.07) is 7.38. The van der Waals surface area contributed by atoms with Crippen molar-refractivity contribution in [1.82, 2.24) is 5.32 Å². The minimum atomic E-state index is -3.08. The summed E-state index contributed by atoms with van der Waals surface area (Å²) in [5.74, 6) is 0. The molecular weight excluding hydrogens is 186 g/mol. The van der Waals surface area contributed by atoms with Gasteiger partial charge in [0.15, 0.2) is 9.84 Å². The summed E-state index contributed by atoms with van der Waals surface area (Å²) in [6.45, 7) is 0.881. The maximum atomic E-state index is 11.4. The normalized spacial score (nSPS) is 21.5. The van der Waals surface area contributed by atoms with Crippen molar-refractivity contribution in [2.24, 2.45) is 0 Å². The highest BCUT2D eigenvalue weighted by Crippen LogP contribution is 2.27. The molecule has 0 spiro atoms. The zero-order valence-corrected chi connectivity index (χ0v) is 8.14. The number of hydrogen-bond acceptors (Lipinski definition) is 3. The van der Waals surface area contributed by atoms with Gasteiger partial charge in [-0.1, -0.05) is 18.2 Å². The van der Waals surface area contributed by atoms with Crippen molar-refractivity contribution in [1.29, 1.82) is 0 Å². The van der Waals surface area contributed by atoms with E-state index in [9.17, 15) is 8.42 Å². The molecule has 2 rings (SSSR count). The summed E-state index contributed by atoms with van der Waals surface area (Å²) < 4.78 is 22.7. The minimum Gasteiger partial charge on any atom is -0.307 e. The van der Waals surface area contributed by atoms with Crippen molar-refractivity contribution in [3.63, 3.8) is 0 Å². The zero-order chi connectivity index (χ0) is 9.47. The molecule has 1 atom stereocenters. The van der Waals surface area contributed by atoms with E-state index in [2.05, 4.69) is 5.32 Å². The molecule has 1 aliphatic rings. The van der Waals surface area contributed by atoms with E-state index in [1.165, 1.54) is 6.26 Å². The Morgan fingerprint density at radius 2 is 2.00 bits per heavy atom. The topological polar surface area (TPSA) is 56.1 Å². The zero-order valence-electron chi connectivity index (χ0n) is 7.32. The van der Waals surface area contributed by atoms with E-state index in [0.29, 0.717) is 4.90 Å². The summed E-state index contributed by atoms with van der Waals surface area (Å²) >= 11 is 0. The van der Waals surface area contributed by atoms with Crippen molar-refractivity contribution in [2.45, 2.75) is 10.9 Å². The van der Waals surface area contributed by atoms with Gasteiger partial charge in [-0.25, -0.2) is 8.42 Å². The van der Waals surface area contributed by atoms with Crippen LogP contribution in [0.1, 0.15) is 11.6 Å². The highest BCUT2D eigenvalue weighted by molar-refractivity contribution is 7.90. The predicted molar refractivity (Wildman–Crippen MR) is 50.3 cm³/mol. The van der Waals surface area contributed by atoms with Crippen LogP contribution in [-0.4, -0.2) is 21.2 Å². The lowest BCUT2D eigenvalue weighted by molar-refractivity contribution is 0.600. The van der Waals surface area contributed by atoms with E-state index >= 15 is 0 Å². The minimum absolute atomic E-state index is 0.242. The number of hydrogen-bond donors (Lipinski definition) is 1. The Kier molecular flexibility index (Phi) is 1.89. The number of nitrogens with one attached hydrogen (secondary N) is 1. The van der Waals surface area contributed by atoms with Gasteiger partial charge in [0, 0.05) is 18.8 Å². The van der Waals surface area contributed by atoms with Gasteiger partial charge in [-0.05, 0) is 11.6 Å². The van der Waals surface area contributed by atoms with Crippen LogP contribution in [0.15, 0.2) is 29.2 Å². The number of benzene rings is 1. The molecule has 0 aliphatic carbocycles. The molecule has 1 saturated heterocycles. The second-order valence-corrected chi connectivity index (χ2v) is 5.25. The molecule has 3 nitrogen and oxygen atoms in total. The van der Waals surface area contributed by atoms with Gasteiger partial charge in [0.1, 0.15) is 0 Å². The molecule has 1 fully saturated rings. The fourth-order valence-electron chi connectivity index (χ4n) is 1.38. The van der Waals surface area contributed by atoms with Crippen molar-refractivity contribution in [3.05, 3.63) is 29.8 Å². The number of rotatable bonds is 2. The van der Waals surface area contributed by atoms with Crippen molar-refractivity contribution in [2.75, 3.05) is 12.8 Å². The van der Waals surface area contributed by atoms with Crippen molar-refractivity contribution < 1.29 is 8.42 Å². The fourth-order valence-corrected chi connectivity index (χ4v) is 2.35. The average Bonchev–Trinajstić information content (AvgIpc) is 2.85.